The number of nitro groups is 1. The maximum Gasteiger partial charge on any atom is 0.273 e. The second kappa shape index (κ2) is 10.2. The standard InChI is InChI=1S/C24H29N3O4/c1-3-14-26(24(29)19-12-11-17(2)22(16-19)27(30)31)15-13-23(28)25-21-10-6-8-18-7-4-5-9-20(18)21/h4-5,7,9,11-12,16,21H,3,6,8,10,13-15H2,1-2H3,(H,25,28). The molecular weight excluding hydrogens is 394 g/mol. The number of hydrogen-bond donors (Lipinski definition) is 1. The molecule has 1 atom stereocenters. The molecule has 7 heteroatoms. The van der Waals surface area contributed by atoms with Crippen LogP contribution in [0.3, 0.4) is 0 Å². The number of fused-ring (bicyclic) bond motifs is 1. The summed E-state index contributed by atoms with van der Waals surface area (Å²) in [6, 6.07) is 12.7. The Morgan fingerprint density at radius 2 is 1.97 bits per heavy atom. The van der Waals surface area contributed by atoms with Crippen molar-refractivity contribution in [2.45, 2.75) is 52.0 Å². The first kappa shape index (κ1) is 22.5. The maximum absolute atomic E-state index is 13.0. The number of carbonyl (C=O) groups excluding carboxylic acids is 2. The Kier molecular flexibility index (Phi) is 7.39. The monoisotopic (exact) mass is 423 g/mol. The lowest BCUT2D eigenvalue weighted by atomic mass is 9.87. The first-order chi connectivity index (χ1) is 14.9. The van der Waals surface area contributed by atoms with Gasteiger partial charge in [0.1, 0.15) is 0 Å². The molecule has 1 aliphatic carbocycles. The first-order valence-electron chi connectivity index (χ1n) is 10.8. The molecule has 164 valence electrons. The number of benzene rings is 2. The van der Waals surface area contributed by atoms with E-state index in [9.17, 15) is 19.7 Å². The zero-order valence-corrected chi connectivity index (χ0v) is 18.1. The predicted octanol–water partition coefficient (Wildman–Crippen LogP) is 4.34. The molecular formula is C24H29N3O4. The van der Waals surface area contributed by atoms with Gasteiger partial charge in [0.05, 0.1) is 11.0 Å². The van der Waals surface area contributed by atoms with E-state index in [0.717, 1.165) is 25.7 Å². The van der Waals surface area contributed by atoms with E-state index in [0.29, 0.717) is 12.1 Å². The first-order valence-corrected chi connectivity index (χ1v) is 10.8. The van der Waals surface area contributed by atoms with Gasteiger partial charge in [-0.1, -0.05) is 37.3 Å². The summed E-state index contributed by atoms with van der Waals surface area (Å²) in [5, 5.41) is 14.3. The van der Waals surface area contributed by atoms with Crippen LogP contribution in [0.1, 0.15) is 65.7 Å². The number of nitrogens with zero attached hydrogens (tertiary/aromatic N) is 2. The van der Waals surface area contributed by atoms with Crippen molar-refractivity contribution < 1.29 is 14.5 Å². The quantitative estimate of drug-likeness (QED) is 0.505. The number of amides is 2. The van der Waals surface area contributed by atoms with Gasteiger partial charge < -0.3 is 10.2 Å². The minimum atomic E-state index is -0.480. The highest BCUT2D eigenvalue weighted by Crippen LogP contribution is 2.29. The normalized spacial score (nSPS) is 15.1. The predicted molar refractivity (Wildman–Crippen MR) is 119 cm³/mol. The lowest BCUT2D eigenvalue weighted by Gasteiger charge is -2.27. The molecule has 0 aromatic heterocycles. The molecule has 0 fully saturated rings. The third kappa shape index (κ3) is 5.48. The van der Waals surface area contributed by atoms with Crippen LogP contribution in [0.5, 0.6) is 0 Å². The van der Waals surface area contributed by atoms with Gasteiger partial charge in [-0.05, 0) is 49.8 Å². The van der Waals surface area contributed by atoms with E-state index in [4.69, 9.17) is 0 Å². The molecule has 31 heavy (non-hydrogen) atoms. The number of aryl methyl sites for hydroxylation is 2. The summed E-state index contributed by atoms with van der Waals surface area (Å²) >= 11 is 0. The van der Waals surface area contributed by atoms with Gasteiger partial charge in [-0.25, -0.2) is 0 Å². The van der Waals surface area contributed by atoms with Crippen molar-refractivity contribution in [2.24, 2.45) is 0 Å². The van der Waals surface area contributed by atoms with Crippen LogP contribution in [-0.2, 0) is 11.2 Å². The molecule has 3 rings (SSSR count). The van der Waals surface area contributed by atoms with Crippen molar-refractivity contribution in [3.63, 3.8) is 0 Å². The molecule has 2 aromatic carbocycles. The Morgan fingerprint density at radius 1 is 1.19 bits per heavy atom. The van der Waals surface area contributed by atoms with E-state index < -0.39 is 4.92 Å². The molecule has 2 aromatic rings. The van der Waals surface area contributed by atoms with Gasteiger partial charge in [0.2, 0.25) is 5.91 Å². The minimum absolute atomic E-state index is 0.00697. The summed E-state index contributed by atoms with van der Waals surface area (Å²) in [5.41, 5.74) is 3.16. The van der Waals surface area contributed by atoms with Crippen LogP contribution < -0.4 is 5.32 Å². The fourth-order valence-electron chi connectivity index (χ4n) is 4.11. The van der Waals surface area contributed by atoms with Crippen LogP contribution in [0, 0.1) is 17.0 Å². The van der Waals surface area contributed by atoms with Gasteiger partial charge in [0, 0.05) is 36.7 Å². The van der Waals surface area contributed by atoms with Crippen LogP contribution >= 0.6 is 0 Å². The molecule has 1 unspecified atom stereocenters. The SMILES string of the molecule is CCCN(CCC(=O)NC1CCCc2ccccc21)C(=O)c1ccc(C)c([N+](=O)[O-])c1. The van der Waals surface area contributed by atoms with Crippen LogP contribution in [0.4, 0.5) is 5.69 Å². The number of rotatable bonds is 8. The van der Waals surface area contributed by atoms with Gasteiger partial charge in [-0.15, -0.1) is 0 Å². The third-order valence-corrected chi connectivity index (χ3v) is 5.75. The lowest BCUT2D eigenvalue weighted by Crippen LogP contribution is -2.37. The summed E-state index contributed by atoms with van der Waals surface area (Å²) in [6.07, 6.45) is 3.90. The second-order valence-electron chi connectivity index (χ2n) is 8.01. The van der Waals surface area contributed by atoms with E-state index in [1.54, 1.807) is 24.0 Å². The third-order valence-electron chi connectivity index (χ3n) is 5.75. The highest BCUT2D eigenvalue weighted by molar-refractivity contribution is 5.95. The Morgan fingerprint density at radius 3 is 2.71 bits per heavy atom. The summed E-state index contributed by atoms with van der Waals surface area (Å²) < 4.78 is 0. The average Bonchev–Trinajstić information content (AvgIpc) is 2.76. The Labute approximate surface area is 182 Å². The molecule has 7 nitrogen and oxygen atoms in total. The second-order valence-corrected chi connectivity index (χ2v) is 8.01. The number of nitro benzene ring substituents is 1. The average molecular weight is 424 g/mol. The highest BCUT2D eigenvalue weighted by atomic mass is 16.6. The van der Waals surface area contributed by atoms with Crippen molar-refractivity contribution >= 4 is 17.5 Å². The molecule has 1 aliphatic rings. The van der Waals surface area contributed by atoms with Gasteiger partial charge in [-0.2, -0.15) is 0 Å². The molecule has 1 N–H and O–H groups in total. The van der Waals surface area contributed by atoms with E-state index >= 15 is 0 Å². The Hall–Kier alpha value is -3.22. The van der Waals surface area contributed by atoms with Crippen molar-refractivity contribution in [3.05, 3.63) is 74.8 Å². The van der Waals surface area contributed by atoms with Crippen molar-refractivity contribution in [2.75, 3.05) is 13.1 Å². The van der Waals surface area contributed by atoms with E-state index in [1.165, 1.54) is 17.2 Å². The summed E-state index contributed by atoms with van der Waals surface area (Å²) in [5.74, 6) is -0.383. The van der Waals surface area contributed by atoms with Crippen molar-refractivity contribution in [3.8, 4) is 0 Å². The number of carbonyl (C=O) groups is 2. The zero-order valence-electron chi connectivity index (χ0n) is 18.1. The summed E-state index contributed by atoms with van der Waals surface area (Å²) in [4.78, 5) is 37.9. The molecule has 0 saturated carbocycles. The van der Waals surface area contributed by atoms with Crippen LogP contribution in [0.25, 0.3) is 0 Å². The van der Waals surface area contributed by atoms with E-state index in [-0.39, 0.29) is 42.1 Å². The van der Waals surface area contributed by atoms with Crippen molar-refractivity contribution in [1.82, 2.24) is 10.2 Å². The Balaban J connectivity index is 1.64. The smallest absolute Gasteiger partial charge is 0.273 e. The van der Waals surface area contributed by atoms with Crippen LogP contribution in [0.2, 0.25) is 0 Å². The van der Waals surface area contributed by atoms with Crippen LogP contribution in [0.15, 0.2) is 42.5 Å². The van der Waals surface area contributed by atoms with Gasteiger partial charge in [-0.3, -0.25) is 19.7 Å². The topological polar surface area (TPSA) is 92.6 Å². The zero-order chi connectivity index (χ0) is 22.4. The molecule has 0 heterocycles. The summed E-state index contributed by atoms with van der Waals surface area (Å²) in [6.45, 7) is 4.36. The number of nitrogens with one attached hydrogen (secondary N) is 1. The lowest BCUT2D eigenvalue weighted by molar-refractivity contribution is -0.385. The molecule has 0 bridgehead atoms. The fourth-order valence-corrected chi connectivity index (χ4v) is 4.11. The maximum atomic E-state index is 13.0. The molecule has 0 radical (unpaired) electrons. The highest BCUT2D eigenvalue weighted by Gasteiger charge is 2.23. The van der Waals surface area contributed by atoms with Gasteiger partial charge in [0.15, 0.2) is 0 Å². The van der Waals surface area contributed by atoms with E-state index in [1.807, 2.05) is 19.1 Å². The minimum Gasteiger partial charge on any atom is -0.349 e. The van der Waals surface area contributed by atoms with Gasteiger partial charge in [0.25, 0.3) is 11.6 Å². The molecule has 0 spiro atoms. The van der Waals surface area contributed by atoms with E-state index in [2.05, 4.69) is 17.4 Å². The van der Waals surface area contributed by atoms with Crippen molar-refractivity contribution in [1.29, 1.82) is 0 Å². The van der Waals surface area contributed by atoms with Gasteiger partial charge >= 0.3 is 0 Å². The largest absolute Gasteiger partial charge is 0.349 e. The molecule has 0 aliphatic heterocycles. The Bertz CT molecular complexity index is 973. The molecule has 0 saturated heterocycles. The fraction of sp³-hybridized carbons (Fsp3) is 0.417. The molecule has 2 amide bonds. The summed E-state index contributed by atoms with van der Waals surface area (Å²) in [7, 11) is 0. The number of hydrogen-bond acceptors (Lipinski definition) is 4. The van der Waals surface area contributed by atoms with Crippen LogP contribution in [-0.4, -0.2) is 34.7 Å².